The smallest absolute Gasteiger partial charge is 0.359 e. The van der Waals surface area contributed by atoms with Crippen LogP contribution in [-0.2, 0) is 11.0 Å². The Bertz CT molecular complexity index is 559. The zero-order chi connectivity index (χ0) is 16.5. The lowest BCUT2D eigenvalue weighted by atomic mass is 9.84. The molecule has 1 aliphatic rings. The van der Waals surface area contributed by atoms with Crippen molar-refractivity contribution < 1.29 is 18.0 Å². The van der Waals surface area contributed by atoms with Crippen molar-refractivity contribution in [3.8, 4) is 0 Å². The van der Waals surface area contributed by atoms with Crippen LogP contribution in [0.15, 0.2) is 12.4 Å². The van der Waals surface area contributed by atoms with Gasteiger partial charge in [0.2, 0.25) is 5.91 Å². The van der Waals surface area contributed by atoms with E-state index in [0.29, 0.717) is 19.0 Å². The van der Waals surface area contributed by atoms with Crippen LogP contribution < -0.4 is 5.32 Å². The monoisotopic (exact) mass is 316 g/mol. The summed E-state index contributed by atoms with van der Waals surface area (Å²) in [6.45, 7) is 7.18. The number of alkyl halides is 3. The third-order valence-corrected chi connectivity index (χ3v) is 4.15. The van der Waals surface area contributed by atoms with Crippen LogP contribution in [0.4, 0.5) is 19.0 Å². The molecule has 22 heavy (non-hydrogen) atoms. The van der Waals surface area contributed by atoms with Crippen molar-refractivity contribution in [2.24, 2.45) is 11.3 Å². The van der Waals surface area contributed by atoms with Crippen LogP contribution in [0.25, 0.3) is 0 Å². The van der Waals surface area contributed by atoms with Gasteiger partial charge >= 0.3 is 6.18 Å². The van der Waals surface area contributed by atoms with Gasteiger partial charge in [0, 0.05) is 25.5 Å². The number of halogens is 3. The quantitative estimate of drug-likeness (QED) is 0.930. The van der Waals surface area contributed by atoms with Crippen LogP contribution in [-0.4, -0.2) is 40.4 Å². The maximum Gasteiger partial charge on any atom is 0.437 e. The first-order valence-electron chi connectivity index (χ1n) is 7.01. The van der Waals surface area contributed by atoms with E-state index in [0.717, 1.165) is 12.4 Å². The fourth-order valence-electron chi connectivity index (χ4n) is 2.43. The molecule has 0 aromatic carbocycles. The predicted molar refractivity (Wildman–Crippen MR) is 75.0 cm³/mol. The lowest BCUT2D eigenvalue weighted by Crippen LogP contribution is -2.35. The van der Waals surface area contributed by atoms with E-state index in [1.54, 1.807) is 4.90 Å². The molecule has 8 heteroatoms. The van der Waals surface area contributed by atoms with E-state index in [4.69, 9.17) is 0 Å². The first-order chi connectivity index (χ1) is 10.1. The van der Waals surface area contributed by atoms with Gasteiger partial charge in [-0.3, -0.25) is 4.79 Å². The van der Waals surface area contributed by atoms with Gasteiger partial charge in [0.25, 0.3) is 0 Å². The van der Waals surface area contributed by atoms with E-state index in [-0.39, 0.29) is 17.9 Å². The summed E-state index contributed by atoms with van der Waals surface area (Å²) in [4.78, 5) is 20.7. The standard InChI is InChI=1S/C14H19F3N4O/c1-9-7-21(8-13(9,2)3)10(22)6-20-12-11(14(15,16)17)18-4-5-19-12/h4-5,9H,6-8H2,1-3H3,(H,19,20). The molecule has 1 fully saturated rings. The van der Waals surface area contributed by atoms with Gasteiger partial charge in [0.05, 0.1) is 6.54 Å². The van der Waals surface area contributed by atoms with Gasteiger partial charge in [-0.2, -0.15) is 13.2 Å². The number of rotatable bonds is 3. The van der Waals surface area contributed by atoms with Crippen molar-refractivity contribution in [2.75, 3.05) is 25.0 Å². The Balaban J connectivity index is 2.01. The lowest BCUT2D eigenvalue weighted by molar-refractivity contribution is -0.140. The lowest BCUT2D eigenvalue weighted by Gasteiger charge is -2.22. The second-order valence-electron chi connectivity index (χ2n) is 6.27. The highest BCUT2D eigenvalue weighted by molar-refractivity contribution is 5.81. The predicted octanol–water partition coefficient (Wildman–Crippen LogP) is 2.41. The molecule has 0 aliphatic carbocycles. The molecule has 1 N–H and O–H groups in total. The van der Waals surface area contributed by atoms with E-state index in [9.17, 15) is 18.0 Å². The maximum absolute atomic E-state index is 12.8. The van der Waals surface area contributed by atoms with Crippen LogP contribution in [0.2, 0.25) is 0 Å². The van der Waals surface area contributed by atoms with Gasteiger partial charge < -0.3 is 10.2 Å². The third kappa shape index (κ3) is 3.48. The fraction of sp³-hybridized carbons (Fsp3) is 0.643. The highest BCUT2D eigenvalue weighted by Crippen LogP contribution is 2.35. The third-order valence-electron chi connectivity index (χ3n) is 4.15. The van der Waals surface area contributed by atoms with E-state index >= 15 is 0 Å². The van der Waals surface area contributed by atoms with Gasteiger partial charge in [-0.15, -0.1) is 0 Å². The number of carbonyl (C=O) groups excluding carboxylic acids is 1. The topological polar surface area (TPSA) is 58.1 Å². The molecule has 1 aliphatic heterocycles. The molecule has 0 spiro atoms. The highest BCUT2D eigenvalue weighted by Gasteiger charge is 2.39. The van der Waals surface area contributed by atoms with E-state index in [1.165, 1.54) is 0 Å². The molecule has 1 aromatic rings. The number of nitrogens with one attached hydrogen (secondary N) is 1. The number of nitrogens with zero attached hydrogens (tertiary/aromatic N) is 3. The SMILES string of the molecule is CC1CN(C(=O)CNc2nccnc2C(F)(F)F)CC1(C)C. The molecule has 1 saturated heterocycles. The van der Waals surface area contributed by atoms with Crippen LogP contribution in [0, 0.1) is 11.3 Å². The van der Waals surface area contributed by atoms with Gasteiger partial charge in [-0.25, -0.2) is 9.97 Å². The summed E-state index contributed by atoms with van der Waals surface area (Å²) in [7, 11) is 0. The average molecular weight is 316 g/mol. The largest absolute Gasteiger partial charge is 0.437 e. The summed E-state index contributed by atoms with van der Waals surface area (Å²) < 4.78 is 38.4. The molecule has 2 rings (SSSR count). The van der Waals surface area contributed by atoms with Crippen molar-refractivity contribution in [3.05, 3.63) is 18.1 Å². The summed E-state index contributed by atoms with van der Waals surface area (Å²) in [5.74, 6) is -0.315. The second-order valence-corrected chi connectivity index (χ2v) is 6.27. The minimum absolute atomic E-state index is 0.0132. The first kappa shape index (κ1) is 16.5. The number of likely N-dealkylation sites (tertiary alicyclic amines) is 1. The molecule has 5 nitrogen and oxygen atoms in total. The molecule has 1 atom stereocenters. The van der Waals surface area contributed by atoms with Crippen molar-refractivity contribution >= 4 is 11.7 Å². The molecule has 2 heterocycles. The van der Waals surface area contributed by atoms with Gasteiger partial charge in [0.1, 0.15) is 0 Å². The average Bonchev–Trinajstić information content (AvgIpc) is 2.69. The maximum atomic E-state index is 12.8. The minimum Gasteiger partial charge on any atom is -0.359 e. The fourth-order valence-corrected chi connectivity index (χ4v) is 2.43. The number of anilines is 1. The van der Waals surface area contributed by atoms with E-state index < -0.39 is 17.7 Å². The Morgan fingerprint density at radius 3 is 2.59 bits per heavy atom. The summed E-state index contributed by atoms with van der Waals surface area (Å²) in [5.41, 5.74) is -1.10. The molecule has 1 amide bonds. The molecule has 0 radical (unpaired) electrons. The van der Waals surface area contributed by atoms with Crippen LogP contribution in [0.1, 0.15) is 26.5 Å². The number of hydrogen-bond acceptors (Lipinski definition) is 4. The van der Waals surface area contributed by atoms with E-state index in [1.807, 2.05) is 0 Å². The molecule has 1 aromatic heterocycles. The summed E-state index contributed by atoms with van der Waals surface area (Å²) in [6, 6.07) is 0. The van der Waals surface area contributed by atoms with Crippen LogP contribution >= 0.6 is 0 Å². The zero-order valence-electron chi connectivity index (χ0n) is 12.7. The zero-order valence-corrected chi connectivity index (χ0v) is 12.7. The number of aromatic nitrogens is 2. The number of hydrogen-bond donors (Lipinski definition) is 1. The summed E-state index contributed by atoms with van der Waals surface area (Å²) in [5, 5.41) is 2.45. The molecule has 0 bridgehead atoms. The van der Waals surface area contributed by atoms with Crippen LogP contribution in [0.5, 0.6) is 0 Å². The number of amides is 1. The number of carbonyl (C=O) groups is 1. The van der Waals surface area contributed by atoms with Crippen molar-refractivity contribution in [2.45, 2.75) is 26.9 Å². The van der Waals surface area contributed by atoms with Crippen molar-refractivity contribution in [1.29, 1.82) is 0 Å². The van der Waals surface area contributed by atoms with Gasteiger partial charge in [-0.05, 0) is 11.3 Å². The molecular formula is C14H19F3N4O. The second kappa shape index (κ2) is 5.73. The molecule has 1 unspecified atom stereocenters. The Morgan fingerprint density at radius 1 is 1.41 bits per heavy atom. The summed E-state index contributed by atoms with van der Waals surface area (Å²) >= 11 is 0. The minimum atomic E-state index is -4.61. The van der Waals surface area contributed by atoms with Crippen molar-refractivity contribution in [1.82, 2.24) is 14.9 Å². The first-order valence-corrected chi connectivity index (χ1v) is 7.01. The Morgan fingerprint density at radius 2 is 2.05 bits per heavy atom. The molecule has 0 saturated carbocycles. The molecule has 122 valence electrons. The Kier molecular flexibility index (Phi) is 4.30. The van der Waals surface area contributed by atoms with E-state index in [2.05, 4.69) is 36.1 Å². The van der Waals surface area contributed by atoms with Crippen LogP contribution in [0.3, 0.4) is 0 Å². The van der Waals surface area contributed by atoms with Gasteiger partial charge in [-0.1, -0.05) is 20.8 Å². The normalized spacial score (nSPS) is 21.0. The van der Waals surface area contributed by atoms with Gasteiger partial charge in [0.15, 0.2) is 11.5 Å². The van der Waals surface area contributed by atoms with Crippen molar-refractivity contribution in [3.63, 3.8) is 0 Å². The molecular weight excluding hydrogens is 297 g/mol. The highest BCUT2D eigenvalue weighted by atomic mass is 19.4. The Labute approximate surface area is 126 Å². The summed E-state index contributed by atoms with van der Waals surface area (Å²) in [6.07, 6.45) is -2.48. The Hall–Kier alpha value is -1.86.